The van der Waals surface area contributed by atoms with E-state index in [1.807, 2.05) is 6.92 Å². The molecule has 0 aliphatic heterocycles. The third kappa shape index (κ3) is 4.13. The molecule has 0 radical (unpaired) electrons. The number of nitrogens with one attached hydrogen (secondary N) is 2. The Morgan fingerprint density at radius 1 is 1.19 bits per heavy atom. The van der Waals surface area contributed by atoms with Gasteiger partial charge in [0.1, 0.15) is 24.1 Å². The number of hydrogen-bond donors (Lipinski definition) is 2. The lowest BCUT2D eigenvalue weighted by molar-refractivity contribution is 0.128. The van der Waals surface area contributed by atoms with Gasteiger partial charge in [0, 0.05) is 25.4 Å². The molecule has 0 spiro atoms. The first-order chi connectivity index (χ1) is 10.1. The minimum Gasteiger partial charge on any atom is -0.374 e. The Bertz CT molecular complexity index is 619. The highest BCUT2D eigenvalue weighted by molar-refractivity contribution is 5.59. The number of aryl methyl sites for hydroxylation is 1. The van der Waals surface area contributed by atoms with Crippen LogP contribution in [0, 0.1) is 12.7 Å². The van der Waals surface area contributed by atoms with Crippen molar-refractivity contribution in [1.82, 2.24) is 9.97 Å². The van der Waals surface area contributed by atoms with Gasteiger partial charge in [0.2, 0.25) is 0 Å². The van der Waals surface area contributed by atoms with E-state index in [2.05, 4.69) is 20.6 Å². The first-order valence-corrected chi connectivity index (χ1v) is 6.79. The van der Waals surface area contributed by atoms with Gasteiger partial charge in [-0.2, -0.15) is 0 Å². The molecule has 2 N–H and O–H groups in total. The SMILES string of the molecule is CCOCc1nc(NC)cc(Nc2ccc(F)c(C)c2)n1. The van der Waals surface area contributed by atoms with E-state index in [4.69, 9.17) is 4.74 Å². The zero-order valence-corrected chi connectivity index (χ0v) is 12.4. The summed E-state index contributed by atoms with van der Waals surface area (Å²) in [6.45, 7) is 4.60. The number of hydrogen-bond acceptors (Lipinski definition) is 5. The van der Waals surface area contributed by atoms with E-state index in [1.165, 1.54) is 6.07 Å². The predicted octanol–water partition coefficient (Wildman–Crippen LogP) is 3.25. The van der Waals surface area contributed by atoms with Gasteiger partial charge in [-0.15, -0.1) is 0 Å². The van der Waals surface area contributed by atoms with E-state index in [0.29, 0.717) is 36.2 Å². The van der Waals surface area contributed by atoms with Crippen molar-refractivity contribution in [3.05, 3.63) is 41.5 Å². The Labute approximate surface area is 123 Å². The fourth-order valence-electron chi connectivity index (χ4n) is 1.82. The van der Waals surface area contributed by atoms with E-state index in [1.54, 1.807) is 32.2 Å². The quantitative estimate of drug-likeness (QED) is 0.855. The first kappa shape index (κ1) is 15.2. The van der Waals surface area contributed by atoms with Crippen LogP contribution in [-0.4, -0.2) is 23.6 Å². The lowest BCUT2D eigenvalue weighted by atomic mass is 10.2. The van der Waals surface area contributed by atoms with Crippen LogP contribution < -0.4 is 10.6 Å². The Morgan fingerprint density at radius 2 is 1.95 bits per heavy atom. The van der Waals surface area contributed by atoms with Gasteiger partial charge in [-0.1, -0.05) is 0 Å². The van der Waals surface area contributed by atoms with Gasteiger partial charge in [-0.3, -0.25) is 0 Å². The lowest BCUT2D eigenvalue weighted by Gasteiger charge is -2.10. The molecule has 21 heavy (non-hydrogen) atoms. The molecule has 0 bridgehead atoms. The summed E-state index contributed by atoms with van der Waals surface area (Å²) in [5.41, 5.74) is 1.36. The molecule has 0 saturated carbocycles. The highest BCUT2D eigenvalue weighted by Crippen LogP contribution is 2.20. The molecule has 0 aliphatic rings. The molecule has 2 aromatic rings. The maximum absolute atomic E-state index is 13.3. The van der Waals surface area contributed by atoms with Crippen LogP contribution in [0.2, 0.25) is 0 Å². The van der Waals surface area contributed by atoms with Crippen LogP contribution in [0.1, 0.15) is 18.3 Å². The van der Waals surface area contributed by atoms with E-state index < -0.39 is 0 Å². The van der Waals surface area contributed by atoms with Crippen LogP contribution in [0.4, 0.5) is 21.7 Å². The molecule has 5 nitrogen and oxygen atoms in total. The Balaban J connectivity index is 2.23. The molecule has 0 unspecified atom stereocenters. The second-order valence-corrected chi connectivity index (χ2v) is 4.53. The topological polar surface area (TPSA) is 59.1 Å². The molecule has 6 heteroatoms. The summed E-state index contributed by atoms with van der Waals surface area (Å²) < 4.78 is 18.6. The summed E-state index contributed by atoms with van der Waals surface area (Å²) in [5.74, 6) is 1.69. The van der Waals surface area contributed by atoms with Crippen molar-refractivity contribution in [3.63, 3.8) is 0 Å². The largest absolute Gasteiger partial charge is 0.374 e. The van der Waals surface area contributed by atoms with Crippen molar-refractivity contribution < 1.29 is 9.13 Å². The molecule has 0 amide bonds. The summed E-state index contributed by atoms with van der Waals surface area (Å²) in [4.78, 5) is 8.70. The van der Waals surface area contributed by atoms with Crippen molar-refractivity contribution in [2.24, 2.45) is 0 Å². The molecule has 1 heterocycles. The normalized spacial score (nSPS) is 10.5. The van der Waals surface area contributed by atoms with Gasteiger partial charge in [-0.05, 0) is 37.6 Å². The Kier molecular flexibility index (Phi) is 5.05. The highest BCUT2D eigenvalue weighted by Gasteiger charge is 2.06. The van der Waals surface area contributed by atoms with Crippen LogP contribution >= 0.6 is 0 Å². The Hall–Kier alpha value is -2.21. The van der Waals surface area contributed by atoms with Crippen molar-refractivity contribution in [2.45, 2.75) is 20.5 Å². The monoisotopic (exact) mass is 290 g/mol. The standard InChI is InChI=1S/C15H19FN4O/c1-4-21-9-15-19-13(17-3)8-14(20-15)18-11-5-6-12(16)10(2)7-11/h5-8H,4,9H2,1-3H3,(H2,17,18,19,20). The number of aromatic nitrogens is 2. The maximum Gasteiger partial charge on any atom is 0.158 e. The van der Waals surface area contributed by atoms with Crippen molar-refractivity contribution >= 4 is 17.3 Å². The number of halogens is 1. The predicted molar refractivity (Wildman–Crippen MR) is 81.3 cm³/mol. The number of anilines is 3. The summed E-state index contributed by atoms with van der Waals surface area (Å²) in [6, 6.07) is 6.62. The van der Waals surface area contributed by atoms with Crippen LogP contribution in [0.25, 0.3) is 0 Å². The van der Waals surface area contributed by atoms with Crippen LogP contribution in [0.3, 0.4) is 0 Å². The molecule has 1 aromatic heterocycles. The zero-order valence-electron chi connectivity index (χ0n) is 12.4. The summed E-state index contributed by atoms with van der Waals surface area (Å²) >= 11 is 0. The minimum absolute atomic E-state index is 0.226. The van der Waals surface area contributed by atoms with E-state index in [-0.39, 0.29) is 5.82 Å². The van der Waals surface area contributed by atoms with Crippen LogP contribution in [0.5, 0.6) is 0 Å². The van der Waals surface area contributed by atoms with Gasteiger partial charge >= 0.3 is 0 Å². The lowest BCUT2D eigenvalue weighted by Crippen LogP contribution is -2.05. The Morgan fingerprint density at radius 3 is 2.62 bits per heavy atom. The molecule has 0 atom stereocenters. The first-order valence-electron chi connectivity index (χ1n) is 6.79. The number of benzene rings is 1. The van der Waals surface area contributed by atoms with E-state index in [0.717, 1.165) is 5.69 Å². The number of ether oxygens (including phenoxy) is 1. The summed E-state index contributed by atoms with van der Waals surface area (Å²) in [6.07, 6.45) is 0. The van der Waals surface area contributed by atoms with Crippen molar-refractivity contribution in [2.75, 3.05) is 24.3 Å². The summed E-state index contributed by atoms with van der Waals surface area (Å²) in [7, 11) is 1.79. The fraction of sp³-hybridized carbons (Fsp3) is 0.333. The van der Waals surface area contributed by atoms with Gasteiger partial charge in [0.15, 0.2) is 5.82 Å². The second kappa shape index (κ2) is 6.99. The average molecular weight is 290 g/mol. The molecule has 0 aliphatic carbocycles. The molecule has 0 fully saturated rings. The van der Waals surface area contributed by atoms with Crippen molar-refractivity contribution in [3.8, 4) is 0 Å². The molecule has 1 aromatic carbocycles. The fourth-order valence-corrected chi connectivity index (χ4v) is 1.82. The molecule has 2 rings (SSSR count). The number of nitrogens with zero attached hydrogens (tertiary/aromatic N) is 2. The van der Waals surface area contributed by atoms with Gasteiger partial charge in [-0.25, -0.2) is 14.4 Å². The third-order valence-electron chi connectivity index (χ3n) is 2.89. The minimum atomic E-state index is -0.226. The summed E-state index contributed by atoms with van der Waals surface area (Å²) in [5, 5.41) is 6.13. The zero-order chi connectivity index (χ0) is 15.2. The highest BCUT2D eigenvalue weighted by atomic mass is 19.1. The molecule has 112 valence electrons. The molecular formula is C15H19FN4O. The molecule has 0 saturated heterocycles. The van der Waals surface area contributed by atoms with E-state index >= 15 is 0 Å². The maximum atomic E-state index is 13.3. The third-order valence-corrected chi connectivity index (χ3v) is 2.89. The van der Waals surface area contributed by atoms with Gasteiger partial charge < -0.3 is 15.4 Å². The van der Waals surface area contributed by atoms with Crippen LogP contribution in [-0.2, 0) is 11.3 Å². The smallest absolute Gasteiger partial charge is 0.158 e. The van der Waals surface area contributed by atoms with E-state index in [9.17, 15) is 4.39 Å². The average Bonchev–Trinajstić information content (AvgIpc) is 2.48. The molecular weight excluding hydrogens is 271 g/mol. The van der Waals surface area contributed by atoms with Crippen molar-refractivity contribution in [1.29, 1.82) is 0 Å². The number of rotatable bonds is 6. The van der Waals surface area contributed by atoms with Crippen LogP contribution in [0.15, 0.2) is 24.3 Å². The second-order valence-electron chi connectivity index (χ2n) is 4.53. The van der Waals surface area contributed by atoms with Gasteiger partial charge in [0.05, 0.1) is 0 Å². The van der Waals surface area contributed by atoms with Gasteiger partial charge in [0.25, 0.3) is 0 Å².